The summed E-state index contributed by atoms with van der Waals surface area (Å²) in [6.07, 6.45) is 0. The van der Waals surface area contributed by atoms with Gasteiger partial charge in [-0.25, -0.2) is 25.3 Å². The van der Waals surface area contributed by atoms with Gasteiger partial charge in [0.05, 0.1) is 37.7 Å². The SMILES string of the molecule is CCS(=O)(=O)c1cc(NC)c2ccc3c(S(=O)(=O)CCS(=O)(=O)O)cc(S(=O)(=O)CC)c4ccc1c2c43. The molecule has 0 heterocycles. The van der Waals surface area contributed by atoms with Gasteiger partial charge in [0.25, 0.3) is 10.1 Å². The second-order valence-corrected chi connectivity index (χ2v) is 16.7. The summed E-state index contributed by atoms with van der Waals surface area (Å²) in [7, 11) is -15.1. The van der Waals surface area contributed by atoms with Crippen LogP contribution in [0.1, 0.15) is 13.8 Å². The van der Waals surface area contributed by atoms with Gasteiger partial charge < -0.3 is 5.32 Å². The summed E-state index contributed by atoms with van der Waals surface area (Å²) >= 11 is 0. The van der Waals surface area contributed by atoms with Crippen molar-refractivity contribution in [2.75, 3.05) is 35.4 Å². The third-order valence-corrected chi connectivity index (χ3v) is 12.7. The summed E-state index contributed by atoms with van der Waals surface area (Å²) in [4.78, 5) is -0.669. The van der Waals surface area contributed by atoms with Gasteiger partial charge in [-0.3, -0.25) is 4.55 Å². The van der Waals surface area contributed by atoms with Gasteiger partial charge in [0.15, 0.2) is 29.5 Å². The maximum atomic E-state index is 13.3. The molecule has 0 saturated carbocycles. The third-order valence-electron chi connectivity index (χ3n) is 6.43. The fourth-order valence-corrected chi connectivity index (χ4v) is 9.56. The molecule has 0 amide bonds. The largest absolute Gasteiger partial charge is 0.388 e. The molecule has 0 saturated heterocycles. The first-order chi connectivity index (χ1) is 17.1. The molecule has 0 aliphatic heterocycles. The van der Waals surface area contributed by atoms with E-state index in [2.05, 4.69) is 5.32 Å². The second-order valence-electron chi connectivity index (χ2n) is 8.53. The van der Waals surface area contributed by atoms with E-state index in [9.17, 15) is 33.7 Å². The summed E-state index contributed by atoms with van der Waals surface area (Å²) < 4.78 is 110. The molecule has 0 atom stereocenters. The van der Waals surface area contributed by atoms with E-state index < -0.39 is 56.0 Å². The molecule has 0 bridgehead atoms. The van der Waals surface area contributed by atoms with E-state index in [0.717, 1.165) is 6.07 Å². The quantitative estimate of drug-likeness (QED) is 0.219. The van der Waals surface area contributed by atoms with Gasteiger partial charge in [0.1, 0.15) is 0 Å². The molecule has 0 radical (unpaired) electrons. The molecular weight excluding hydrogens is 563 g/mol. The highest BCUT2D eigenvalue weighted by Crippen LogP contribution is 2.45. The Morgan fingerprint density at radius 2 is 1.03 bits per heavy atom. The molecule has 0 unspecified atom stereocenters. The molecule has 0 spiro atoms. The molecule has 200 valence electrons. The van der Waals surface area contributed by atoms with Gasteiger partial charge in [-0.15, -0.1) is 0 Å². The van der Waals surface area contributed by atoms with E-state index >= 15 is 0 Å². The topological polar surface area (TPSA) is 169 Å². The van der Waals surface area contributed by atoms with E-state index in [0.29, 0.717) is 21.8 Å². The smallest absolute Gasteiger partial charge is 0.265 e. The number of nitrogens with one attached hydrogen (secondary N) is 1. The fourth-order valence-electron chi connectivity index (χ4n) is 4.51. The van der Waals surface area contributed by atoms with Crippen molar-refractivity contribution in [3.05, 3.63) is 36.4 Å². The molecule has 4 aromatic carbocycles. The maximum absolute atomic E-state index is 13.3. The van der Waals surface area contributed by atoms with Gasteiger partial charge in [0.2, 0.25) is 0 Å². The Hall–Kier alpha value is -2.52. The second kappa shape index (κ2) is 9.05. The molecule has 14 heteroatoms. The van der Waals surface area contributed by atoms with Crippen molar-refractivity contribution >= 4 is 77.6 Å². The van der Waals surface area contributed by atoms with Crippen LogP contribution >= 0.6 is 0 Å². The Bertz CT molecular complexity index is 2000. The van der Waals surface area contributed by atoms with Crippen LogP contribution in [0, 0.1) is 0 Å². The molecule has 4 rings (SSSR count). The first-order valence-electron chi connectivity index (χ1n) is 11.2. The highest BCUT2D eigenvalue weighted by molar-refractivity contribution is 7.94. The lowest BCUT2D eigenvalue weighted by molar-refractivity contribution is 0.484. The molecular formula is C23H25NO9S4. The lowest BCUT2D eigenvalue weighted by Crippen LogP contribution is -2.18. The minimum Gasteiger partial charge on any atom is -0.388 e. The number of benzene rings is 4. The van der Waals surface area contributed by atoms with Gasteiger partial charge in [-0.1, -0.05) is 38.1 Å². The zero-order valence-electron chi connectivity index (χ0n) is 20.1. The van der Waals surface area contributed by atoms with E-state index in [1.165, 1.54) is 38.1 Å². The van der Waals surface area contributed by atoms with E-state index in [1.807, 2.05) is 0 Å². The van der Waals surface area contributed by atoms with Crippen LogP contribution in [-0.2, 0) is 39.6 Å². The Labute approximate surface area is 215 Å². The Balaban J connectivity index is 2.30. The molecule has 2 N–H and O–H groups in total. The van der Waals surface area contributed by atoms with E-state index in [-0.39, 0.29) is 37.5 Å². The zero-order chi connectivity index (χ0) is 27.6. The van der Waals surface area contributed by atoms with E-state index in [1.54, 1.807) is 13.1 Å². The highest BCUT2D eigenvalue weighted by atomic mass is 32.2. The minimum absolute atomic E-state index is 0.0146. The van der Waals surface area contributed by atoms with Crippen LogP contribution in [0.4, 0.5) is 5.69 Å². The summed E-state index contributed by atoms with van der Waals surface area (Å²) in [6.45, 7) is 2.91. The average Bonchev–Trinajstić information content (AvgIpc) is 2.84. The maximum Gasteiger partial charge on any atom is 0.265 e. The van der Waals surface area contributed by atoms with Crippen LogP contribution < -0.4 is 5.32 Å². The molecule has 0 fully saturated rings. The predicted octanol–water partition coefficient (Wildman–Crippen LogP) is 2.87. The Kier molecular flexibility index (Phi) is 6.73. The number of hydrogen-bond donors (Lipinski definition) is 2. The van der Waals surface area contributed by atoms with Crippen LogP contribution in [0.5, 0.6) is 0 Å². The van der Waals surface area contributed by atoms with Crippen LogP contribution in [-0.4, -0.2) is 68.3 Å². The minimum atomic E-state index is -4.62. The molecule has 37 heavy (non-hydrogen) atoms. The Morgan fingerprint density at radius 1 is 0.622 bits per heavy atom. The molecule has 0 aliphatic carbocycles. The van der Waals surface area contributed by atoms with Crippen molar-refractivity contribution in [1.29, 1.82) is 0 Å². The van der Waals surface area contributed by atoms with Crippen molar-refractivity contribution < 1.29 is 38.2 Å². The average molecular weight is 588 g/mol. The monoisotopic (exact) mass is 587 g/mol. The van der Waals surface area contributed by atoms with Crippen LogP contribution in [0.15, 0.2) is 51.1 Å². The first kappa shape index (κ1) is 27.5. The van der Waals surface area contributed by atoms with Gasteiger partial charge >= 0.3 is 0 Å². The predicted molar refractivity (Wildman–Crippen MR) is 144 cm³/mol. The molecule has 10 nitrogen and oxygen atoms in total. The lowest BCUT2D eigenvalue weighted by atomic mass is 9.93. The van der Waals surface area contributed by atoms with Crippen molar-refractivity contribution in [1.82, 2.24) is 0 Å². The first-order valence-corrected chi connectivity index (χ1v) is 17.7. The summed E-state index contributed by atoms with van der Waals surface area (Å²) in [5.41, 5.74) is 0.452. The van der Waals surface area contributed by atoms with Crippen molar-refractivity contribution in [3.63, 3.8) is 0 Å². The van der Waals surface area contributed by atoms with Gasteiger partial charge in [-0.2, -0.15) is 8.42 Å². The summed E-state index contributed by atoms with van der Waals surface area (Å²) in [5, 5.41) is 4.76. The third kappa shape index (κ3) is 4.65. The number of rotatable bonds is 9. The van der Waals surface area contributed by atoms with Crippen LogP contribution in [0.2, 0.25) is 0 Å². The van der Waals surface area contributed by atoms with Crippen molar-refractivity contribution in [3.8, 4) is 0 Å². The van der Waals surface area contributed by atoms with Crippen LogP contribution in [0.25, 0.3) is 32.3 Å². The number of sulfone groups is 3. The van der Waals surface area contributed by atoms with Crippen molar-refractivity contribution in [2.45, 2.75) is 28.5 Å². The van der Waals surface area contributed by atoms with Gasteiger partial charge in [-0.05, 0) is 12.1 Å². The van der Waals surface area contributed by atoms with Crippen molar-refractivity contribution in [2.24, 2.45) is 0 Å². The molecule has 0 aliphatic rings. The summed E-state index contributed by atoms with van der Waals surface area (Å²) in [5.74, 6) is -2.57. The lowest BCUT2D eigenvalue weighted by Gasteiger charge is -2.20. The highest BCUT2D eigenvalue weighted by Gasteiger charge is 2.29. The zero-order valence-corrected chi connectivity index (χ0v) is 23.4. The summed E-state index contributed by atoms with van der Waals surface area (Å²) in [6, 6.07) is 8.59. The normalized spacial score (nSPS) is 13.6. The Morgan fingerprint density at radius 3 is 1.46 bits per heavy atom. The number of anilines is 1. The molecule has 4 aromatic rings. The van der Waals surface area contributed by atoms with Crippen LogP contribution in [0.3, 0.4) is 0 Å². The van der Waals surface area contributed by atoms with Gasteiger partial charge in [0, 0.05) is 45.1 Å². The standard InChI is InChI=1S/C23H25NO9S4/c1-4-34(25,26)19-12-18(24-3)14-6-7-17-21(36(29,30)10-11-37(31,32)33)13-20(35(27,28)5-2)16-9-8-15(19)22(14)23(16)17/h6-9,12-13,24H,4-5,10-11H2,1-3H3,(H,31,32,33). The fraction of sp³-hybridized carbons (Fsp3) is 0.304. The van der Waals surface area contributed by atoms with E-state index in [4.69, 9.17) is 4.55 Å². The molecule has 0 aromatic heterocycles. The number of hydrogen-bond acceptors (Lipinski definition) is 9.